The molecule has 1 unspecified atom stereocenters. The SMILES string of the molecule is CCC(=O)OC(CS(C)(=O)=O)c1ccccc1. The van der Waals surface area contributed by atoms with Crippen LogP contribution in [-0.2, 0) is 19.4 Å². The Morgan fingerprint density at radius 1 is 1.29 bits per heavy atom. The lowest BCUT2D eigenvalue weighted by atomic mass is 10.1. The van der Waals surface area contributed by atoms with Crippen LogP contribution >= 0.6 is 0 Å². The summed E-state index contributed by atoms with van der Waals surface area (Å²) in [7, 11) is -3.20. The lowest BCUT2D eigenvalue weighted by molar-refractivity contribution is -0.147. The van der Waals surface area contributed by atoms with Crippen molar-refractivity contribution in [1.29, 1.82) is 0 Å². The molecular formula is C12H16O4S. The Balaban J connectivity index is 2.91. The Labute approximate surface area is 102 Å². The first-order chi connectivity index (χ1) is 7.92. The monoisotopic (exact) mass is 256 g/mol. The number of benzene rings is 1. The zero-order valence-corrected chi connectivity index (χ0v) is 10.7. The van der Waals surface area contributed by atoms with Gasteiger partial charge in [-0.1, -0.05) is 37.3 Å². The van der Waals surface area contributed by atoms with Gasteiger partial charge in [-0.15, -0.1) is 0 Å². The molecule has 1 atom stereocenters. The molecule has 0 fully saturated rings. The van der Waals surface area contributed by atoms with Crippen LogP contribution in [0.15, 0.2) is 30.3 Å². The van der Waals surface area contributed by atoms with Gasteiger partial charge in [0.15, 0.2) is 9.84 Å². The van der Waals surface area contributed by atoms with Gasteiger partial charge in [0.25, 0.3) is 0 Å². The van der Waals surface area contributed by atoms with Crippen molar-refractivity contribution < 1.29 is 17.9 Å². The lowest BCUT2D eigenvalue weighted by Crippen LogP contribution is -2.19. The lowest BCUT2D eigenvalue weighted by Gasteiger charge is -2.17. The number of esters is 1. The molecule has 1 rings (SSSR count). The van der Waals surface area contributed by atoms with Crippen molar-refractivity contribution in [3.05, 3.63) is 35.9 Å². The Bertz CT molecular complexity index is 465. The standard InChI is InChI=1S/C12H16O4S/c1-3-12(13)16-11(9-17(2,14)15)10-7-5-4-6-8-10/h4-8,11H,3,9H2,1-2H3. The van der Waals surface area contributed by atoms with Crippen LogP contribution < -0.4 is 0 Å². The molecule has 0 N–H and O–H groups in total. The van der Waals surface area contributed by atoms with E-state index in [4.69, 9.17) is 4.74 Å². The van der Waals surface area contributed by atoms with Crippen molar-refractivity contribution in [2.24, 2.45) is 0 Å². The summed E-state index contributed by atoms with van der Waals surface area (Å²) in [6.45, 7) is 1.67. The highest BCUT2D eigenvalue weighted by atomic mass is 32.2. The molecule has 0 saturated heterocycles. The number of sulfone groups is 1. The van der Waals surface area contributed by atoms with Crippen molar-refractivity contribution in [2.75, 3.05) is 12.0 Å². The maximum Gasteiger partial charge on any atom is 0.306 e. The Morgan fingerprint density at radius 2 is 1.88 bits per heavy atom. The van der Waals surface area contributed by atoms with Crippen LogP contribution in [0.3, 0.4) is 0 Å². The molecule has 0 bridgehead atoms. The zero-order valence-electron chi connectivity index (χ0n) is 9.92. The van der Waals surface area contributed by atoms with Gasteiger partial charge in [0.1, 0.15) is 6.10 Å². The highest BCUT2D eigenvalue weighted by molar-refractivity contribution is 7.90. The molecular weight excluding hydrogens is 240 g/mol. The van der Waals surface area contributed by atoms with E-state index in [0.29, 0.717) is 5.56 Å². The highest BCUT2D eigenvalue weighted by Gasteiger charge is 2.20. The fraction of sp³-hybridized carbons (Fsp3) is 0.417. The number of rotatable bonds is 5. The molecule has 17 heavy (non-hydrogen) atoms. The van der Waals surface area contributed by atoms with Crippen molar-refractivity contribution in [3.8, 4) is 0 Å². The minimum Gasteiger partial charge on any atom is -0.456 e. The van der Waals surface area contributed by atoms with Gasteiger partial charge in [0.05, 0.1) is 5.75 Å². The van der Waals surface area contributed by atoms with E-state index < -0.39 is 21.9 Å². The fourth-order valence-electron chi connectivity index (χ4n) is 1.38. The first-order valence-corrected chi connectivity index (χ1v) is 7.40. The Hall–Kier alpha value is -1.36. The van der Waals surface area contributed by atoms with Gasteiger partial charge in [0.2, 0.25) is 0 Å². The van der Waals surface area contributed by atoms with E-state index in [1.165, 1.54) is 0 Å². The smallest absolute Gasteiger partial charge is 0.306 e. The average molecular weight is 256 g/mol. The van der Waals surface area contributed by atoms with Crippen molar-refractivity contribution in [2.45, 2.75) is 19.4 Å². The van der Waals surface area contributed by atoms with Gasteiger partial charge in [-0.3, -0.25) is 4.79 Å². The van der Waals surface area contributed by atoms with Crippen molar-refractivity contribution in [3.63, 3.8) is 0 Å². The molecule has 4 nitrogen and oxygen atoms in total. The molecule has 0 saturated carbocycles. The second-order valence-corrected chi connectivity index (χ2v) is 6.02. The summed E-state index contributed by atoms with van der Waals surface area (Å²) in [6.07, 6.45) is 0.633. The van der Waals surface area contributed by atoms with E-state index in [-0.39, 0.29) is 12.2 Å². The normalized spacial score (nSPS) is 13.1. The van der Waals surface area contributed by atoms with E-state index in [1.807, 2.05) is 6.07 Å². The van der Waals surface area contributed by atoms with E-state index >= 15 is 0 Å². The minimum atomic E-state index is -3.20. The van der Waals surface area contributed by atoms with Crippen LogP contribution in [0.5, 0.6) is 0 Å². The van der Waals surface area contributed by atoms with Gasteiger partial charge in [-0.2, -0.15) is 0 Å². The number of carbonyl (C=O) groups is 1. The van der Waals surface area contributed by atoms with Crippen LogP contribution in [-0.4, -0.2) is 26.4 Å². The summed E-state index contributed by atoms with van der Waals surface area (Å²) < 4.78 is 27.7. The molecule has 0 aliphatic heterocycles. The number of hydrogen-bond donors (Lipinski definition) is 0. The summed E-state index contributed by atoms with van der Waals surface area (Å²) in [5.74, 6) is -0.592. The maximum absolute atomic E-state index is 11.3. The van der Waals surface area contributed by atoms with E-state index in [9.17, 15) is 13.2 Å². The van der Waals surface area contributed by atoms with Gasteiger partial charge in [-0.05, 0) is 5.56 Å². The number of hydrogen-bond acceptors (Lipinski definition) is 4. The number of ether oxygens (including phenoxy) is 1. The van der Waals surface area contributed by atoms with Crippen LogP contribution in [0.1, 0.15) is 25.0 Å². The summed E-state index contributed by atoms with van der Waals surface area (Å²) in [5, 5.41) is 0. The summed E-state index contributed by atoms with van der Waals surface area (Å²) in [4.78, 5) is 11.3. The van der Waals surface area contributed by atoms with Crippen LogP contribution in [0.2, 0.25) is 0 Å². The van der Waals surface area contributed by atoms with Crippen LogP contribution in [0.4, 0.5) is 0 Å². The first-order valence-electron chi connectivity index (χ1n) is 5.34. The van der Waals surface area contributed by atoms with Gasteiger partial charge >= 0.3 is 5.97 Å². The quantitative estimate of drug-likeness (QED) is 0.753. The Kier molecular flexibility index (Phi) is 4.69. The van der Waals surface area contributed by atoms with Crippen molar-refractivity contribution >= 4 is 15.8 Å². The van der Waals surface area contributed by atoms with E-state index in [1.54, 1.807) is 31.2 Å². The first kappa shape index (κ1) is 13.7. The maximum atomic E-state index is 11.3. The predicted octanol–water partition coefficient (Wildman–Crippen LogP) is 1.73. The molecule has 0 radical (unpaired) electrons. The second kappa shape index (κ2) is 5.82. The van der Waals surface area contributed by atoms with Gasteiger partial charge < -0.3 is 4.74 Å². The fourth-order valence-corrected chi connectivity index (χ4v) is 2.19. The third kappa shape index (κ3) is 4.99. The Morgan fingerprint density at radius 3 is 2.35 bits per heavy atom. The van der Waals surface area contributed by atoms with Gasteiger partial charge in [0, 0.05) is 12.7 Å². The molecule has 0 amide bonds. The third-order valence-electron chi connectivity index (χ3n) is 2.19. The van der Waals surface area contributed by atoms with Crippen LogP contribution in [0, 0.1) is 0 Å². The van der Waals surface area contributed by atoms with E-state index in [0.717, 1.165) is 6.26 Å². The topological polar surface area (TPSA) is 60.4 Å². The average Bonchev–Trinajstić information content (AvgIpc) is 2.27. The third-order valence-corrected chi connectivity index (χ3v) is 3.10. The second-order valence-electron chi connectivity index (χ2n) is 3.84. The summed E-state index contributed by atoms with van der Waals surface area (Å²) in [6, 6.07) is 8.88. The van der Waals surface area contributed by atoms with Gasteiger partial charge in [-0.25, -0.2) is 8.42 Å². The van der Waals surface area contributed by atoms with E-state index in [2.05, 4.69) is 0 Å². The zero-order chi connectivity index (χ0) is 12.9. The molecule has 1 aromatic rings. The molecule has 0 aromatic heterocycles. The molecule has 0 aliphatic rings. The number of carbonyl (C=O) groups excluding carboxylic acids is 1. The largest absolute Gasteiger partial charge is 0.456 e. The molecule has 0 spiro atoms. The molecule has 0 aliphatic carbocycles. The van der Waals surface area contributed by atoms with Crippen molar-refractivity contribution in [1.82, 2.24) is 0 Å². The van der Waals surface area contributed by atoms with Crippen LogP contribution in [0.25, 0.3) is 0 Å². The highest BCUT2D eigenvalue weighted by Crippen LogP contribution is 2.19. The summed E-state index contributed by atoms with van der Waals surface area (Å²) in [5.41, 5.74) is 0.694. The molecule has 94 valence electrons. The minimum absolute atomic E-state index is 0.192. The molecule has 5 heteroatoms. The molecule has 0 heterocycles. The predicted molar refractivity (Wildman–Crippen MR) is 65.3 cm³/mol. The summed E-state index contributed by atoms with van der Waals surface area (Å²) >= 11 is 0. The molecule has 1 aromatic carbocycles.